The summed E-state index contributed by atoms with van der Waals surface area (Å²) in [5.41, 5.74) is 3.07. The molecule has 29 heavy (non-hydrogen) atoms. The van der Waals surface area contributed by atoms with Gasteiger partial charge in [-0.1, -0.05) is 6.07 Å². The van der Waals surface area contributed by atoms with Gasteiger partial charge in [-0.05, 0) is 69.8 Å². The number of hydrogen-bond acceptors (Lipinski definition) is 5. The number of hydrogen-bond donors (Lipinski definition) is 2. The first kappa shape index (κ1) is 21.3. The monoisotopic (exact) mass is 400 g/mol. The van der Waals surface area contributed by atoms with E-state index in [4.69, 9.17) is 4.74 Å². The molecule has 1 aliphatic heterocycles. The molecule has 7 nitrogen and oxygen atoms in total. The first-order valence-electron chi connectivity index (χ1n) is 10.2. The number of benzene rings is 1. The van der Waals surface area contributed by atoms with Crippen LogP contribution in [0.4, 0.5) is 5.69 Å². The second kappa shape index (κ2) is 8.97. The molecule has 1 unspecified atom stereocenters. The van der Waals surface area contributed by atoms with Crippen LogP contribution in [0.25, 0.3) is 0 Å². The van der Waals surface area contributed by atoms with Crippen molar-refractivity contribution >= 4 is 11.6 Å². The molecule has 7 heteroatoms. The minimum absolute atomic E-state index is 0.0575. The third kappa shape index (κ3) is 5.81. The van der Waals surface area contributed by atoms with Crippen LogP contribution >= 0.6 is 0 Å². The highest BCUT2D eigenvalue weighted by Gasteiger charge is 2.31. The van der Waals surface area contributed by atoms with E-state index in [1.165, 1.54) is 11.1 Å². The standard InChI is InChI=1S/C22H32N4O3/c1-16-6-7-19(12-17(16)2)29-15-22(28)8-5-10-26(11-9-22)14-21(27)23-20-13-25(4)24-18(20)3/h6-7,12-13,28H,5,8-11,14-15H2,1-4H3,(H,23,27). The van der Waals surface area contributed by atoms with E-state index in [1.807, 2.05) is 32.2 Å². The van der Waals surface area contributed by atoms with Crippen LogP contribution in [0.3, 0.4) is 0 Å². The minimum atomic E-state index is -0.871. The number of aromatic nitrogens is 2. The Morgan fingerprint density at radius 1 is 1.24 bits per heavy atom. The van der Waals surface area contributed by atoms with Gasteiger partial charge in [-0.3, -0.25) is 14.4 Å². The molecule has 0 aliphatic carbocycles. The predicted octanol–water partition coefficient (Wildman–Crippen LogP) is 2.58. The third-order valence-corrected chi connectivity index (χ3v) is 5.65. The van der Waals surface area contributed by atoms with E-state index >= 15 is 0 Å². The lowest BCUT2D eigenvalue weighted by molar-refractivity contribution is -0.117. The maximum absolute atomic E-state index is 12.4. The molecule has 0 spiro atoms. The molecule has 1 fully saturated rings. The lowest BCUT2D eigenvalue weighted by Crippen LogP contribution is -2.38. The largest absolute Gasteiger partial charge is 0.491 e. The first-order chi connectivity index (χ1) is 13.7. The average molecular weight is 401 g/mol. The number of aliphatic hydroxyl groups is 1. The van der Waals surface area contributed by atoms with Crippen LogP contribution < -0.4 is 10.1 Å². The summed E-state index contributed by atoms with van der Waals surface area (Å²) in [4.78, 5) is 14.5. The van der Waals surface area contributed by atoms with Crippen LogP contribution in [0.2, 0.25) is 0 Å². The van der Waals surface area contributed by atoms with Crippen LogP contribution in [0.1, 0.15) is 36.1 Å². The van der Waals surface area contributed by atoms with Crippen LogP contribution in [0, 0.1) is 20.8 Å². The van der Waals surface area contributed by atoms with E-state index in [0.29, 0.717) is 25.9 Å². The zero-order chi connectivity index (χ0) is 21.0. The second-order valence-electron chi connectivity index (χ2n) is 8.24. The summed E-state index contributed by atoms with van der Waals surface area (Å²) in [7, 11) is 1.83. The molecular formula is C22H32N4O3. The number of anilines is 1. The molecule has 1 aromatic carbocycles. The van der Waals surface area contributed by atoms with Crippen molar-refractivity contribution in [3.05, 3.63) is 41.2 Å². The summed E-state index contributed by atoms with van der Waals surface area (Å²) in [6, 6.07) is 5.98. The van der Waals surface area contributed by atoms with Gasteiger partial charge in [0.15, 0.2) is 0 Å². The number of rotatable bonds is 6. The third-order valence-electron chi connectivity index (χ3n) is 5.65. The Bertz CT molecular complexity index is 864. The highest BCUT2D eigenvalue weighted by atomic mass is 16.5. The predicted molar refractivity (Wildman–Crippen MR) is 113 cm³/mol. The van der Waals surface area contributed by atoms with Crippen molar-refractivity contribution in [2.24, 2.45) is 7.05 Å². The van der Waals surface area contributed by atoms with E-state index in [1.54, 1.807) is 10.9 Å². The average Bonchev–Trinajstić information content (AvgIpc) is 2.85. The van der Waals surface area contributed by atoms with Gasteiger partial charge < -0.3 is 15.2 Å². The van der Waals surface area contributed by atoms with Crippen LogP contribution in [-0.4, -0.2) is 57.5 Å². The fourth-order valence-corrected chi connectivity index (χ4v) is 3.67. The number of carbonyl (C=O) groups is 1. The number of nitrogens with zero attached hydrogens (tertiary/aromatic N) is 3. The number of ether oxygens (including phenoxy) is 1. The van der Waals surface area contributed by atoms with Crippen molar-refractivity contribution in [3.8, 4) is 5.75 Å². The van der Waals surface area contributed by atoms with Crippen molar-refractivity contribution < 1.29 is 14.6 Å². The molecular weight excluding hydrogens is 368 g/mol. The zero-order valence-electron chi connectivity index (χ0n) is 17.9. The summed E-state index contributed by atoms with van der Waals surface area (Å²) in [5, 5.41) is 18.2. The molecule has 0 saturated carbocycles. The molecule has 1 saturated heterocycles. The lowest BCUT2D eigenvalue weighted by atomic mass is 9.96. The molecule has 1 amide bonds. The highest BCUT2D eigenvalue weighted by molar-refractivity contribution is 5.92. The van der Waals surface area contributed by atoms with Gasteiger partial charge in [-0.2, -0.15) is 5.10 Å². The SMILES string of the molecule is Cc1ccc(OCC2(O)CCCN(CC(=O)Nc3cn(C)nc3C)CC2)cc1C. The number of nitrogens with one attached hydrogen (secondary N) is 1. The molecule has 2 N–H and O–H groups in total. The lowest BCUT2D eigenvalue weighted by Gasteiger charge is -2.27. The Morgan fingerprint density at radius 2 is 2.03 bits per heavy atom. The van der Waals surface area contributed by atoms with E-state index in [-0.39, 0.29) is 12.5 Å². The Balaban J connectivity index is 1.50. The summed E-state index contributed by atoms with van der Waals surface area (Å²) in [6.07, 6.45) is 3.87. The summed E-state index contributed by atoms with van der Waals surface area (Å²) in [5.74, 6) is 0.728. The van der Waals surface area contributed by atoms with Gasteiger partial charge in [0.25, 0.3) is 0 Å². The number of amides is 1. The van der Waals surface area contributed by atoms with Crippen molar-refractivity contribution in [2.75, 3.05) is 31.6 Å². The van der Waals surface area contributed by atoms with E-state index < -0.39 is 5.60 Å². The maximum Gasteiger partial charge on any atom is 0.238 e. The van der Waals surface area contributed by atoms with Crippen molar-refractivity contribution in [1.29, 1.82) is 0 Å². The fraction of sp³-hybridized carbons (Fsp3) is 0.545. The molecule has 1 aromatic heterocycles. The fourth-order valence-electron chi connectivity index (χ4n) is 3.67. The number of aryl methyl sites for hydroxylation is 4. The van der Waals surface area contributed by atoms with E-state index in [9.17, 15) is 9.90 Å². The van der Waals surface area contributed by atoms with Crippen molar-refractivity contribution in [2.45, 2.75) is 45.6 Å². The van der Waals surface area contributed by atoms with Gasteiger partial charge in [0.1, 0.15) is 12.4 Å². The topological polar surface area (TPSA) is 79.6 Å². The van der Waals surface area contributed by atoms with Crippen molar-refractivity contribution in [1.82, 2.24) is 14.7 Å². The van der Waals surface area contributed by atoms with E-state index in [0.717, 1.165) is 30.1 Å². The van der Waals surface area contributed by atoms with Crippen LogP contribution in [0.5, 0.6) is 5.75 Å². The summed E-state index contributed by atoms with van der Waals surface area (Å²) < 4.78 is 7.58. The van der Waals surface area contributed by atoms with Crippen LogP contribution in [0.15, 0.2) is 24.4 Å². The summed E-state index contributed by atoms with van der Waals surface area (Å²) in [6.45, 7) is 8.01. The Hall–Kier alpha value is -2.38. The van der Waals surface area contributed by atoms with Gasteiger partial charge in [-0.25, -0.2) is 0 Å². The quantitative estimate of drug-likeness (QED) is 0.779. The zero-order valence-corrected chi connectivity index (χ0v) is 17.9. The maximum atomic E-state index is 12.4. The van der Waals surface area contributed by atoms with Gasteiger partial charge in [-0.15, -0.1) is 0 Å². The number of likely N-dealkylation sites (tertiary alicyclic amines) is 1. The molecule has 3 rings (SSSR count). The Labute approximate surface area is 172 Å². The Kier molecular flexibility index (Phi) is 6.59. The Morgan fingerprint density at radius 3 is 2.72 bits per heavy atom. The molecule has 2 aromatic rings. The highest BCUT2D eigenvalue weighted by Crippen LogP contribution is 2.25. The van der Waals surface area contributed by atoms with Crippen molar-refractivity contribution in [3.63, 3.8) is 0 Å². The second-order valence-corrected chi connectivity index (χ2v) is 8.24. The molecule has 1 aliphatic rings. The van der Waals surface area contributed by atoms with Gasteiger partial charge in [0.2, 0.25) is 5.91 Å². The molecule has 0 radical (unpaired) electrons. The van der Waals surface area contributed by atoms with Gasteiger partial charge in [0, 0.05) is 19.8 Å². The number of carbonyl (C=O) groups excluding carboxylic acids is 1. The smallest absolute Gasteiger partial charge is 0.238 e. The van der Waals surface area contributed by atoms with Crippen LogP contribution in [-0.2, 0) is 11.8 Å². The van der Waals surface area contributed by atoms with Gasteiger partial charge in [0.05, 0.1) is 23.5 Å². The molecule has 0 bridgehead atoms. The normalized spacial score (nSPS) is 20.3. The first-order valence-corrected chi connectivity index (χ1v) is 10.2. The van der Waals surface area contributed by atoms with Gasteiger partial charge >= 0.3 is 0 Å². The minimum Gasteiger partial charge on any atom is -0.491 e. The molecule has 158 valence electrons. The molecule has 1 atom stereocenters. The summed E-state index contributed by atoms with van der Waals surface area (Å²) >= 11 is 0. The molecule has 2 heterocycles. The van der Waals surface area contributed by atoms with E-state index in [2.05, 4.69) is 29.2 Å².